The first-order chi connectivity index (χ1) is 15.0. The van der Waals surface area contributed by atoms with Crippen molar-refractivity contribution < 1.29 is 15.0 Å². The smallest absolute Gasteiger partial charge is 0.163 e. The summed E-state index contributed by atoms with van der Waals surface area (Å²) in [7, 11) is 0. The quantitative estimate of drug-likeness (QED) is 0.409. The monoisotopic (exact) mass is 456 g/mol. The highest BCUT2D eigenvalue weighted by atomic mass is 16.3. The summed E-state index contributed by atoms with van der Waals surface area (Å²) in [6, 6.07) is 0. The highest BCUT2D eigenvalue weighted by molar-refractivity contribution is 5.94. The van der Waals surface area contributed by atoms with Crippen LogP contribution in [0.1, 0.15) is 107 Å². The predicted octanol–water partition coefficient (Wildman–Crippen LogP) is 7.09. The van der Waals surface area contributed by atoms with Crippen molar-refractivity contribution in [1.82, 2.24) is 0 Å². The molecule has 0 spiro atoms. The molecule has 5 aliphatic rings. The molecule has 0 aromatic carbocycles. The van der Waals surface area contributed by atoms with Crippen LogP contribution in [-0.2, 0) is 4.79 Å². The molecule has 0 amide bonds. The summed E-state index contributed by atoms with van der Waals surface area (Å²) in [6.45, 7) is 19.1. The van der Waals surface area contributed by atoms with Crippen molar-refractivity contribution in [3.8, 4) is 0 Å². The van der Waals surface area contributed by atoms with E-state index >= 15 is 0 Å². The highest BCUT2D eigenvalue weighted by Gasteiger charge is 2.73. The van der Waals surface area contributed by atoms with E-state index < -0.39 is 6.10 Å². The Morgan fingerprint density at radius 3 is 2.09 bits per heavy atom. The standard InChI is InChI=1S/C30H48O3/c1-18-19(31)15-20(32)23-27(5)12-14-29(7)22-17-25(2,3)9-10-26(22,4)11-13-30(29,8)24(27)21(33)16-28(18,23)6/h15,18,21-24,31,33H,9-14,16-17H2,1-8H3. The second-order valence-corrected chi connectivity index (χ2v) is 15.3. The summed E-state index contributed by atoms with van der Waals surface area (Å²) in [5, 5.41) is 22.5. The van der Waals surface area contributed by atoms with E-state index in [2.05, 4.69) is 48.5 Å². The minimum Gasteiger partial charge on any atom is -0.512 e. The fourth-order valence-corrected chi connectivity index (χ4v) is 11.0. The van der Waals surface area contributed by atoms with E-state index in [0.29, 0.717) is 23.2 Å². The zero-order valence-corrected chi connectivity index (χ0v) is 22.4. The van der Waals surface area contributed by atoms with Crippen molar-refractivity contribution in [2.45, 2.75) is 113 Å². The van der Waals surface area contributed by atoms with Gasteiger partial charge in [-0.25, -0.2) is 0 Å². The molecule has 10 atom stereocenters. The molecule has 3 nitrogen and oxygen atoms in total. The Morgan fingerprint density at radius 2 is 1.42 bits per heavy atom. The largest absolute Gasteiger partial charge is 0.512 e. The van der Waals surface area contributed by atoms with Crippen molar-refractivity contribution >= 4 is 5.78 Å². The number of aliphatic hydroxyl groups is 2. The van der Waals surface area contributed by atoms with Gasteiger partial charge in [0.15, 0.2) is 5.78 Å². The van der Waals surface area contributed by atoms with Crippen molar-refractivity contribution in [2.75, 3.05) is 0 Å². The molecule has 0 aromatic rings. The van der Waals surface area contributed by atoms with Gasteiger partial charge < -0.3 is 10.2 Å². The maximum atomic E-state index is 13.5. The minimum atomic E-state index is -0.428. The highest BCUT2D eigenvalue weighted by Crippen LogP contribution is 2.78. The average molecular weight is 457 g/mol. The lowest BCUT2D eigenvalue weighted by atomic mass is 9.30. The number of carbonyl (C=O) groups excluding carboxylic acids is 1. The summed E-state index contributed by atoms with van der Waals surface area (Å²) in [6.07, 6.45) is 10.2. The van der Waals surface area contributed by atoms with Gasteiger partial charge in [-0.15, -0.1) is 0 Å². The Bertz CT molecular complexity index is 904. The molecule has 4 fully saturated rings. The zero-order valence-electron chi connectivity index (χ0n) is 22.4. The van der Waals surface area contributed by atoms with E-state index in [1.165, 1.54) is 31.8 Å². The average Bonchev–Trinajstić information content (AvgIpc) is 2.69. The Balaban J connectivity index is 1.62. The van der Waals surface area contributed by atoms with E-state index in [1.54, 1.807) is 0 Å². The second kappa shape index (κ2) is 6.68. The first kappa shape index (κ1) is 23.9. The van der Waals surface area contributed by atoms with Gasteiger partial charge in [0.05, 0.1) is 11.9 Å². The van der Waals surface area contributed by atoms with E-state index in [9.17, 15) is 15.0 Å². The molecule has 0 aromatic heterocycles. The zero-order chi connectivity index (χ0) is 24.4. The van der Waals surface area contributed by atoms with Gasteiger partial charge in [-0.1, -0.05) is 55.4 Å². The van der Waals surface area contributed by atoms with Crippen LogP contribution < -0.4 is 0 Å². The predicted molar refractivity (Wildman–Crippen MR) is 133 cm³/mol. The Morgan fingerprint density at radius 1 is 0.818 bits per heavy atom. The van der Waals surface area contributed by atoms with Crippen molar-refractivity contribution in [1.29, 1.82) is 0 Å². The topological polar surface area (TPSA) is 57.5 Å². The number of aliphatic hydroxyl groups excluding tert-OH is 2. The molecule has 10 unspecified atom stereocenters. The molecule has 4 saturated carbocycles. The molecular weight excluding hydrogens is 408 g/mol. The SMILES string of the molecule is CC1C(O)=CC(=O)C2C1(C)CC(O)C1C2(C)CCC2(C)C3CC(C)(C)CCC3(C)CCC12C. The number of ketones is 1. The molecule has 33 heavy (non-hydrogen) atoms. The Labute approximate surface area is 201 Å². The van der Waals surface area contributed by atoms with E-state index in [4.69, 9.17) is 0 Å². The van der Waals surface area contributed by atoms with Gasteiger partial charge in [0.1, 0.15) is 0 Å². The summed E-state index contributed by atoms with van der Waals surface area (Å²) >= 11 is 0. The normalized spacial score (nSPS) is 57.8. The van der Waals surface area contributed by atoms with Crippen molar-refractivity contribution in [2.24, 2.45) is 56.2 Å². The lowest BCUT2D eigenvalue weighted by Crippen LogP contribution is -2.71. The van der Waals surface area contributed by atoms with Gasteiger partial charge >= 0.3 is 0 Å². The van der Waals surface area contributed by atoms with Crippen LogP contribution in [0.2, 0.25) is 0 Å². The lowest BCUT2D eigenvalue weighted by Gasteiger charge is -2.75. The molecule has 0 radical (unpaired) electrons. The van der Waals surface area contributed by atoms with Gasteiger partial charge in [0.2, 0.25) is 0 Å². The summed E-state index contributed by atoms with van der Waals surface area (Å²) < 4.78 is 0. The summed E-state index contributed by atoms with van der Waals surface area (Å²) in [5.41, 5.74) is 0.354. The van der Waals surface area contributed by atoms with Crippen molar-refractivity contribution in [3.05, 3.63) is 11.8 Å². The Hall–Kier alpha value is -0.830. The second-order valence-electron chi connectivity index (χ2n) is 15.3. The number of carbonyl (C=O) groups is 1. The van der Waals surface area contributed by atoms with Crippen LogP contribution >= 0.6 is 0 Å². The molecular formula is C30H48O3. The van der Waals surface area contributed by atoms with E-state index in [-0.39, 0.29) is 51.0 Å². The fraction of sp³-hybridized carbons (Fsp3) is 0.900. The summed E-state index contributed by atoms with van der Waals surface area (Å²) in [5.74, 6) is 0.880. The lowest BCUT2D eigenvalue weighted by molar-refractivity contribution is -0.275. The first-order valence-corrected chi connectivity index (χ1v) is 13.7. The van der Waals surface area contributed by atoms with E-state index in [1.807, 2.05) is 6.92 Å². The van der Waals surface area contributed by atoms with Crippen LogP contribution in [0.15, 0.2) is 11.8 Å². The van der Waals surface area contributed by atoms with E-state index in [0.717, 1.165) is 19.3 Å². The number of hydrogen-bond donors (Lipinski definition) is 2. The van der Waals surface area contributed by atoms with Crippen LogP contribution in [0, 0.1) is 56.2 Å². The molecule has 0 heterocycles. The maximum Gasteiger partial charge on any atom is 0.163 e. The van der Waals surface area contributed by atoms with Crippen LogP contribution in [0.4, 0.5) is 0 Å². The number of hydrogen-bond acceptors (Lipinski definition) is 3. The maximum absolute atomic E-state index is 13.5. The third-order valence-corrected chi connectivity index (χ3v) is 13.2. The Kier molecular flexibility index (Phi) is 4.84. The van der Waals surface area contributed by atoms with Crippen LogP contribution in [0.3, 0.4) is 0 Å². The fourth-order valence-electron chi connectivity index (χ4n) is 11.0. The molecule has 0 saturated heterocycles. The number of allylic oxidation sites excluding steroid dienone is 2. The van der Waals surface area contributed by atoms with Gasteiger partial charge in [-0.05, 0) is 95.7 Å². The number of fused-ring (bicyclic) bond motifs is 7. The van der Waals surface area contributed by atoms with Crippen LogP contribution in [-0.4, -0.2) is 22.1 Å². The third kappa shape index (κ3) is 2.81. The molecule has 0 bridgehead atoms. The van der Waals surface area contributed by atoms with Gasteiger partial charge in [0.25, 0.3) is 0 Å². The molecule has 186 valence electrons. The molecule has 5 aliphatic carbocycles. The third-order valence-electron chi connectivity index (χ3n) is 13.2. The molecule has 2 N–H and O–H groups in total. The molecule has 5 rings (SSSR count). The molecule has 0 aliphatic heterocycles. The van der Waals surface area contributed by atoms with Crippen molar-refractivity contribution in [3.63, 3.8) is 0 Å². The first-order valence-electron chi connectivity index (χ1n) is 13.7. The van der Waals surface area contributed by atoms with Gasteiger partial charge in [0, 0.05) is 17.9 Å². The number of rotatable bonds is 0. The van der Waals surface area contributed by atoms with Crippen LogP contribution in [0.5, 0.6) is 0 Å². The molecule has 3 heteroatoms. The van der Waals surface area contributed by atoms with Gasteiger partial charge in [-0.2, -0.15) is 0 Å². The summed E-state index contributed by atoms with van der Waals surface area (Å²) in [4.78, 5) is 13.5. The van der Waals surface area contributed by atoms with Gasteiger partial charge in [-0.3, -0.25) is 4.79 Å². The minimum absolute atomic E-state index is 0.0189. The van der Waals surface area contributed by atoms with Crippen LogP contribution in [0.25, 0.3) is 0 Å².